The summed E-state index contributed by atoms with van der Waals surface area (Å²) in [5.74, 6) is 0.645. The van der Waals surface area contributed by atoms with Crippen LogP contribution in [0.3, 0.4) is 0 Å². The van der Waals surface area contributed by atoms with E-state index >= 15 is 0 Å². The van der Waals surface area contributed by atoms with Gasteiger partial charge >= 0.3 is 0 Å². The molecule has 0 saturated heterocycles. The van der Waals surface area contributed by atoms with Crippen LogP contribution in [-0.4, -0.2) is 11.1 Å². The van der Waals surface area contributed by atoms with Crippen LogP contribution in [0.2, 0.25) is 5.02 Å². The van der Waals surface area contributed by atoms with Crippen molar-refractivity contribution in [2.45, 2.75) is 18.9 Å². The number of ether oxygens (including phenoxy) is 1. The third kappa shape index (κ3) is 1.90. The number of nitriles is 1. The van der Waals surface area contributed by atoms with Gasteiger partial charge in [0, 0.05) is 6.07 Å². The molecule has 0 amide bonds. The van der Waals surface area contributed by atoms with Crippen molar-refractivity contribution in [2.24, 2.45) is 0 Å². The first-order valence-corrected chi connectivity index (χ1v) is 4.39. The number of aromatic nitrogens is 1. The fourth-order valence-corrected chi connectivity index (χ4v) is 1.14. The van der Waals surface area contributed by atoms with Gasteiger partial charge in [0.25, 0.3) is 0 Å². The highest BCUT2D eigenvalue weighted by molar-refractivity contribution is 6.31. The van der Waals surface area contributed by atoms with E-state index in [0.29, 0.717) is 16.9 Å². The van der Waals surface area contributed by atoms with E-state index in [-0.39, 0.29) is 5.69 Å². The smallest absolute Gasteiger partial charge is 0.159 e. The number of hydrogen-bond acceptors (Lipinski definition) is 3. The zero-order valence-corrected chi connectivity index (χ0v) is 7.58. The molecule has 13 heavy (non-hydrogen) atoms. The number of nitrogens with zero attached hydrogens (tertiary/aromatic N) is 2. The molecule has 1 aromatic rings. The van der Waals surface area contributed by atoms with Gasteiger partial charge in [-0.25, -0.2) is 4.98 Å². The normalized spacial score (nSPS) is 15.1. The van der Waals surface area contributed by atoms with Gasteiger partial charge in [-0.05, 0) is 12.8 Å². The number of pyridine rings is 1. The molecule has 66 valence electrons. The maximum atomic E-state index is 8.57. The van der Waals surface area contributed by atoms with Gasteiger partial charge in [0.2, 0.25) is 0 Å². The largest absolute Gasteiger partial charge is 0.489 e. The molecule has 3 nitrogen and oxygen atoms in total. The second kappa shape index (κ2) is 3.23. The fraction of sp³-hybridized carbons (Fsp3) is 0.333. The summed E-state index contributed by atoms with van der Waals surface area (Å²) in [6.45, 7) is 0. The quantitative estimate of drug-likeness (QED) is 0.725. The number of halogens is 1. The zero-order valence-electron chi connectivity index (χ0n) is 6.83. The van der Waals surface area contributed by atoms with Gasteiger partial charge in [-0.3, -0.25) is 0 Å². The van der Waals surface area contributed by atoms with Gasteiger partial charge < -0.3 is 4.74 Å². The molecule has 2 rings (SSSR count). The standard InChI is InChI=1S/C9H7ClN2O/c10-8-3-7(13-6-1-2-6)5-12-9(8)4-11/h3,5-6H,1-2H2. The lowest BCUT2D eigenvalue weighted by molar-refractivity contribution is 0.302. The highest BCUT2D eigenvalue weighted by Gasteiger charge is 2.23. The lowest BCUT2D eigenvalue weighted by atomic mass is 10.3. The maximum Gasteiger partial charge on any atom is 0.159 e. The molecule has 1 saturated carbocycles. The highest BCUT2D eigenvalue weighted by atomic mass is 35.5. The summed E-state index contributed by atoms with van der Waals surface area (Å²) in [4.78, 5) is 3.86. The zero-order chi connectivity index (χ0) is 9.26. The molecule has 1 aliphatic rings. The SMILES string of the molecule is N#Cc1ncc(OC2CC2)cc1Cl. The summed E-state index contributed by atoms with van der Waals surface area (Å²) in [6.07, 6.45) is 4.05. The summed E-state index contributed by atoms with van der Waals surface area (Å²) in [5.41, 5.74) is 0.241. The Morgan fingerprint density at radius 2 is 2.38 bits per heavy atom. The van der Waals surface area contributed by atoms with Crippen molar-refractivity contribution in [3.63, 3.8) is 0 Å². The second-order valence-corrected chi connectivity index (χ2v) is 3.34. The van der Waals surface area contributed by atoms with Crippen molar-refractivity contribution in [2.75, 3.05) is 0 Å². The van der Waals surface area contributed by atoms with E-state index in [0.717, 1.165) is 12.8 Å². The second-order valence-electron chi connectivity index (χ2n) is 2.93. The van der Waals surface area contributed by atoms with Crippen LogP contribution < -0.4 is 4.74 Å². The predicted octanol–water partition coefficient (Wildman–Crippen LogP) is 2.15. The topological polar surface area (TPSA) is 45.9 Å². The Bertz CT molecular complexity index is 368. The molecule has 1 aromatic heterocycles. The van der Waals surface area contributed by atoms with Crippen LogP contribution in [-0.2, 0) is 0 Å². The van der Waals surface area contributed by atoms with Gasteiger partial charge in [0.1, 0.15) is 11.8 Å². The lowest BCUT2D eigenvalue weighted by Gasteiger charge is -2.03. The van der Waals surface area contributed by atoms with Gasteiger partial charge in [0.05, 0.1) is 17.3 Å². The first-order valence-electron chi connectivity index (χ1n) is 4.02. The summed E-state index contributed by atoms with van der Waals surface area (Å²) < 4.78 is 5.45. The highest BCUT2D eigenvalue weighted by Crippen LogP contribution is 2.28. The number of rotatable bonds is 2. The Morgan fingerprint density at radius 3 is 2.92 bits per heavy atom. The van der Waals surface area contributed by atoms with E-state index in [1.807, 2.05) is 6.07 Å². The summed E-state index contributed by atoms with van der Waals surface area (Å²) in [5, 5.41) is 8.91. The van der Waals surface area contributed by atoms with E-state index in [2.05, 4.69) is 4.98 Å². The van der Waals surface area contributed by atoms with Crippen LogP contribution >= 0.6 is 11.6 Å². The van der Waals surface area contributed by atoms with Crippen molar-refractivity contribution < 1.29 is 4.74 Å². The predicted molar refractivity (Wildman–Crippen MR) is 47.6 cm³/mol. The molecule has 1 heterocycles. The van der Waals surface area contributed by atoms with E-state index in [4.69, 9.17) is 21.6 Å². The first-order chi connectivity index (χ1) is 6.29. The molecule has 0 aliphatic heterocycles. The van der Waals surface area contributed by atoms with Crippen molar-refractivity contribution in [1.82, 2.24) is 4.98 Å². The molecule has 0 N–H and O–H groups in total. The minimum absolute atomic E-state index is 0.241. The van der Waals surface area contributed by atoms with E-state index in [1.54, 1.807) is 6.07 Å². The molecule has 0 radical (unpaired) electrons. The van der Waals surface area contributed by atoms with Gasteiger partial charge in [-0.1, -0.05) is 11.6 Å². The van der Waals surface area contributed by atoms with Gasteiger partial charge in [0.15, 0.2) is 5.69 Å². The molecular formula is C9H7ClN2O. The molecule has 1 fully saturated rings. The van der Waals surface area contributed by atoms with E-state index in [9.17, 15) is 0 Å². The summed E-state index contributed by atoms with van der Waals surface area (Å²) in [6, 6.07) is 3.52. The molecule has 0 atom stereocenters. The van der Waals surface area contributed by atoms with Crippen molar-refractivity contribution in [1.29, 1.82) is 5.26 Å². The Balaban J connectivity index is 2.19. The molecular weight excluding hydrogens is 188 g/mol. The molecule has 0 bridgehead atoms. The third-order valence-electron chi connectivity index (χ3n) is 1.75. The molecule has 0 aromatic carbocycles. The Hall–Kier alpha value is -1.27. The van der Waals surface area contributed by atoms with Crippen LogP contribution in [0.1, 0.15) is 18.5 Å². The average molecular weight is 195 g/mol. The van der Waals surface area contributed by atoms with E-state index < -0.39 is 0 Å². The minimum atomic E-state index is 0.241. The van der Waals surface area contributed by atoms with Crippen LogP contribution in [0, 0.1) is 11.3 Å². The minimum Gasteiger partial charge on any atom is -0.489 e. The van der Waals surface area contributed by atoms with Crippen LogP contribution in [0.15, 0.2) is 12.3 Å². The fourth-order valence-electron chi connectivity index (χ4n) is 0.945. The summed E-state index contributed by atoms with van der Waals surface area (Å²) >= 11 is 5.77. The van der Waals surface area contributed by atoms with E-state index in [1.165, 1.54) is 6.20 Å². The molecule has 1 aliphatic carbocycles. The van der Waals surface area contributed by atoms with Crippen LogP contribution in [0.25, 0.3) is 0 Å². The van der Waals surface area contributed by atoms with Crippen LogP contribution in [0.4, 0.5) is 0 Å². The van der Waals surface area contributed by atoms with Gasteiger partial charge in [-0.15, -0.1) is 0 Å². The first kappa shape index (κ1) is 8.33. The summed E-state index contributed by atoms with van der Waals surface area (Å²) in [7, 11) is 0. The van der Waals surface area contributed by atoms with Crippen LogP contribution in [0.5, 0.6) is 5.75 Å². The maximum absolute atomic E-state index is 8.57. The Labute approximate surface area is 80.9 Å². The van der Waals surface area contributed by atoms with Gasteiger partial charge in [-0.2, -0.15) is 5.26 Å². The Morgan fingerprint density at radius 1 is 1.62 bits per heavy atom. The average Bonchev–Trinajstić information content (AvgIpc) is 2.89. The molecule has 0 spiro atoms. The number of hydrogen-bond donors (Lipinski definition) is 0. The monoisotopic (exact) mass is 194 g/mol. The lowest BCUT2D eigenvalue weighted by Crippen LogP contribution is -1.97. The van der Waals surface area contributed by atoms with Crippen molar-refractivity contribution >= 4 is 11.6 Å². The molecule has 0 unspecified atom stereocenters. The van der Waals surface area contributed by atoms with Crippen molar-refractivity contribution in [3.05, 3.63) is 23.0 Å². The molecule has 4 heteroatoms. The Kier molecular flexibility index (Phi) is 2.07. The van der Waals surface area contributed by atoms with Crippen molar-refractivity contribution in [3.8, 4) is 11.8 Å². The third-order valence-corrected chi connectivity index (χ3v) is 2.04.